The number of carbonyl (C=O) groups is 1. The van der Waals surface area contributed by atoms with Crippen LogP contribution in [0.1, 0.15) is 16.1 Å². The third kappa shape index (κ3) is 4.25. The van der Waals surface area contributed by atoms with Gasteiger partial charge in [0, 0.05) is 67.6 Å². The van der Waals surface area contributed by atoms with Crippen LogP contribution in [0.4, 0.5) is 5.69 Å². The van der Waals surface area contributed by atoms with Gasteiger partial charge in [0.2, 0.25) is 0 Å². The molecule has 0 unspecified atom stereocenters. The van der Waals surface area contributed by atoms with Crippen LogP contribution in [-0.2, 0) is 6.54 Å². The van der Waals surface area contributed by atoms with Crippen molar-refractivity contribution >= 4 is 27.9 Å². The van der Waals surface area contributed by atoms with Crippen molar-refractivity contribution in [2.24, 2.45) is 0 Å². The maximum Gasteiger partial charge on any atom is 0.269 e. The molecule has 34 heavy (non-hydrogen) atoms. The number of rotatable bonds is 6. The molecule has 0 N–H and O–H groups in total. The zero-order valence-electron chi connectivity index (χ0n) is 18.6. The molecular formula is C24H23N5O4S. The smallest absolute Gasteiger partial charge is 0.269 e. The Hall–Kier alpha value is -3.76. The van der Waals surface area contributed by atoms with Gasteiger partial charge < -0.3 is 9.64 Å². The molecule has 9 nitrogen and oxygen atoms in total. The fourth-order valence-electron chi connectivity index (χ4n) is 4.22. The van der Waals surface area contributed by atoms with Crippen molar-refractivity contribution < 1.29 is 14.5 Å². The lowest BCUT2D eigenvalue weighted by atomic mass is 10.1. The molecule has 0 atom stereocenters. The van der Waals surface area contributed by atoms with E-state index in [9.17, 15) is 14.9 Å². The van der Waals surface area contributed by atoms with Crippen LogP contribution in [0.5, 0.6) is 5.75 Å². The highest BCUT2D eigenvalue weighted by atomic mass is 32.1. The van der Waals surface area contributed by atoms with Crippen LogP contribution >= 0.6 is 11.3 Å². The first-order valence-corrected chi connectivity index (χ1v) is 11.8. The average molecular weight is 478 g/mol. The molecule has 0 saturated carbocycles. The van der Waals surface area contributed by atoms with Crippen molar-refractivity contribution in [3.63, 3.8) is 0 Å². The van der Waals surface area contributed by atoms with Crippen molar-refractivity contribution in [2.45, 2.75) is 6.54 Å². The maximum absolute atomic E-state index is 12.9. The highest BCUT2D eigenvalue weighted by Crippen LogP contribution is 2.29. The van der Waals surface area contributed by atoms with Gasteiger partial charge >= 0.3 is 0 Å². The van der Waals surface area contributed by atoms with Gasteiger partial charge in [0.1, 0.15) is 5.75 Å². The molecule has 2 aromatic heterocycles. The minimum atomic E-state index is -0.400. The van der Waals surface area contributed by atoms with E-state index in [0.29, 0.717) is 30.9 Å². The molecule has 1 aliphatic rings. The lowest BCUT2D eigenvalue weighted by Crippen LogP contribution is -2.48. The number of hydrogen-bond acceptors (Lipinski definition) is 7. The van der Waals surface area contributed by atoms with Crippen molar-refractivity contribution in [1.29, 1.82) is 0 Å². The van der Waals surface area contributed by atoms with Crippen molar-refractivity contribution in [3.8, 4) is 17.0 Å². The summed E-state index contributed by atoms with van der Waals surface area (Å²) >= 11 is 1.55. The summed E-state index contributed by atoms with van der Waals surface area (Å²) in [5.41, 5.74) is 3.41. The second kappa shape index (κ2) is 9.24. The number of nitrogens with zero attached hydrogens (tertiary/aromatic N) is 5. The number of aromatic nitrogens is 2. The molecule has 0 bridgehead atoms. The fraction of sp³-hybridized carbons (Fsp3) is 0.250. The Morgan fingerprint density at radius 2 is 1.91 bits per heavy atom. The van der Waals surface area contributed by atoms with E-state index in [2.05, 4.69) is 9.30 Å². The molecule has 0 radical (unpaired) electrons. The summed E-state index contributed by atoms with van der Waals surface area (Å²) in [6, 6.07) is 13.8. The minimum absolute atomic E-state index is 0.00898. The van der Waals surface area contributed by atoms with Gasteiger partial charge in [0.25, 0.3) is 11.6 Å². The number of thiazole rings is 1. The Morgan fingerprint density at radius 3 is 2.62 bits per heavy atom. The summed E-state index contributed by atoms with van der Waals surface area (Å²) in [7, 11) is 1.59. The van der Waals surface area contributed by atoms with Gasteiger partial charge in [0.15, 0.2) is 4.96 Å². The number of non-ortho nitro benzene ring substituents is 1. The largest absolute Gasteiger partial charge is 0.497 e. The van der Waals surface area contributed by atoms with Crippen molar-refractivity contribution in [1.82, 2.24) is 19.2 Å². The van der Waals surface area contributed by atoms with Crippen LogP contribution in [0, 0.1) is 10.1 Å². The van der Waals surface area contributed by atoms with Crippen LogP contribution in [0.25, 0.3) is 16.2 Å². The number of piperazine rings is 1. The van der Waals surface area contributed by atoms with Gasteiger partial charge in [-0.1, -0.05) is 6.07 Å². The third-order valence-corrected chi connectivity index (χ3v) is 6.82. The van der Waals surface area contributed by atoms with E-state index in [1.54, 1.807) is 36.6 Å². The summed E-state index contributed by atoms with van der Waals surface area (Å²) < 4.78 is 7.32. The minimum Gasteiger partial charge on any atom is -0.497 e. The number of ether oxygens (including phenoxy) is 1. The predicted octanol–water partition coefficient (Wildman–Crippen LogP) is 3.94. The molecule has 0 spiro atoms. The molecule has 174 valence electrons. The Labute approximate surface area is 200 Å². The van der Waals surface area contributed by atoms with Crippen LogP contribution in [-0.4, -0.2) is 63.3 Å². The number of nitro benzene ring substituents is 1. The first-order chi connectivity index (χ1) is 16.5. The maximum atomic E-state index is 12.9. The lowest BCUT2D eigenvalue weighted by molar-refractivity contribution is -0.384. The highest BCUT2D eigenvalue weighted by Gasteiger charge is 2.25. The normalized spacial score (nSPS) is 14.4. The second-order valence-corrected chi connectivity index (χ2v) is 8.94. The summed E-state index contributed by atoms with van der Waals surface area (Å²) in [4.78, 5) is 33.4. The first-order valence-electron chi connectivity index (χ1n) is 10.9. The van der Waals surface area contributed by atoms with E-state index in [-0.39, 0.29) is 11.6 Å². The molecule has 10 heteroatoms. The first kappa shape index (κ1) is 22.1. The van der Waals surface area contributed by atoms with E-state index in [0.717, 1.165) is 35.0 Å². The highest BCUT2D eigenvalue weighted by molar-refractivity contribution is 7.15. The van der Waals surface area contributed by atoms with Gasteiger partial charge in [-0.2, -0.15) is 0 Å². The molecular weight excluding hydrogens is 454 g/mol. The number of amides is 1. The molecule has 5 rings (SSSR count). The molecule has 1 amide bonds. The van der Waals surface area contributed by atoms with Crippen LogP contribution < -0.4 is 4.74 Å². The average Bonchev–Trinajstić information content (AvgIpc) is 3.47. The second-order valence-electron chi connectivity index (χ2n) is 8.07. The summed E-state index contributed by atoms with van der Waals surface area (Å²) in [5.74, 6) is 0.679. The standard InChI is InChI=1S/C24H23N5O4S/c1-33-20-4-2-3-18(15-20)23(30)27-11-9-26(10-12-27)16-21-22(25-24-28(21)13-14-34-24)17-5-7-19(8-6-17)29(31)32/h2-8,13-15H,9-12,16H2,1H3. The Morgan fingerprint density at radius 1 is 1.15 bits per heavy atom. The summed E-state index contributed by atoms with van der Waals surface area (Å²) in [5, 5.41) is 13.0. The zero-order chi connectivity index (χ0) is 23.7. The molecule has 1 aliphatic heterocycles. The Kier molecular flexibility index (Phi) is 5.99. The lowest BCUT2D eigenvalue weighted by Gasteiger charge is -2.34. The van der Waals surface area contributed by atoms with Gasteiger partial charge in [-0.25, -0.2) is 4.98 Å². The predicted molar refractivity (Wildman–Crippen MR) is 129 cm³/mol. The molecule has 4 aromatic rings. The van der Waals surface area contributed by atoms with Crippen molar-refractivity contribution in [3.05, 3.63) is 81.5 Å². The van der Waals surface area contributed by atoms with E-state index >= 15 is 0 Å². The van der Waals surface area contributed by atoms with E-state index < -0.39 is 4.92 Å². The molecule has 2 aromatic carbocycles. The zero-order valence-corrected chi connectivity index (χ0v) is 19.4. The Balaban J connectivity index is 1.31. The van der Waals surface area contributed by atoms with E-state index in [1.807, 2.05) is 34.7 Å². The van der Waals surface area contributed by atoms with Gasteiger partial charge in [0.05, 0.1) is 23.4 Å². The van der Waals surface area contributed by atoms with Crippen LogP contribution in [0.15, 0.2) is 60.1 Å². The van der Waals surface area contributed by atoms with Crippen LogP contribution in [0.3, 0.4) is 0 Å². The van der Waals surface area contributed by atoms with Gasteiger partial charge in [-0.15, -0.1) is 11.3 Å². The molecule has 1 saturated heterocycles. The van der Waals surface area contributed by atoms with E-state index in [1.165, 1.54) is 12.1 Å². The number of carbonyl (C=O) groups excluding carboxylic acids is 1. The Bertz CT molecular complexity index is 1340. The topological polar surface area (TPSA) is 93.2 Å². The number of fused-ring (bicyclic) bond motifs is 1. The number of hydrogen-bond donors (Lipinski definition) is 0. The van der Waals surface area contributed by atoms with Crippen LogP contribution in [0.2, 0.25) is 0 Å². The summed E-state index contributed by atoms with van der Waals surface area (Å²) in [6.45, 7) is 3.42. The fourth-order valence-corrected chi connectivity index (χ4v) is 4.95. The monoisotopic (exact) mass is 477 g/mol. The molecule has 3 heterocycles. The number of nitro groups is 1. The number of methoxy groups -OCH3 is 1. The number of imidazole rings is 1. The quantitative estimate of drug-likeness (QED) is 0.309. The SMILES string of the molecule is COc1cccc(C(=O)N2CCN(Cc3c(-c4ccc([N+](=O)[O-])cc4)nc4sccn34)CC2)c1. The van der Waals surface area contributed by atoms with E-state index in [4.69, 9.17) is 9.72 Å². The summed E-state index contributed by atoms with van der Waals surface area (Å²) in [6.07, 6.45) is 2.00. The third-order valence-electron chi connectivity index (χ3n) is 6.06. The van der Waals surface area contributed by atoms with Gasteiger partial charge in [-0.05, 0) is 30.3 Å². The number of benzene rings is 2. The van der Waals surface area contributed by atoms with Crippen molar-refractivity contribution in [2.75, 3.05) is 33.3 Å². The van der Waals surface area contributed by atoms with Gasteiger partial charge in [-0.3, -0.25) is 24.2 Å². The molecule has 0 aliphatic carbocycles. The molecule has 1 fully saturated rings.